The second-order valence-corrected chi connectivity index (χ2v) is 6.66. The van der Waals surface area contributed by atoms with Crippen molar-refractivity contribution in [2.75, 3.05) is 4.72 Å². The van der Waals surface area contributed by atoms with Crippen LogP contribution in [0.5, 0.6) is 0 Å². The van der Waals surface area contributed by atoms with Crippen LogP contribution in [0.4, 0.5) is 5.69 Å². The van der Waals surface area contributed by atoms with Gasteiger partial charge in [0.15, 0.2) is 0 Å². The van der Waals surface area contributed by atoms with Gasteiger partial charge in [-0.05, 0) is 46.4 Å². The maximum Gasteiger partial charge on any atom is 0.262 e. The molecule has 0 radical (unpaired) electrons. The van der Waals surface area contributed by atoms with Crippen molar-refractivity contribution in [2.24, 2.45) is 0 Å². The van der Waals surface area contributed by atoms with Crippen LogP contribution in [0.25, 0.3) is 0 Å². The van der Waals surface area contributed by atoms with Gasteiger partial charge in [0.2, 0.25) is 0 Å². The van der Waals surface area contributed by atoms with Gasteiger partial charge in [0, 0.05) is 3.57 Å². The van der Waals surface area contributed by atoms with E-state index in [1.54, 1.807) is 30.3 Å². The van der Waals surface area contributed by atoms with E-state index in [-0.39, 0.29) is 11.5 Å². The van der Waals surface area contributed by atoms with Gasteiger partial charge >= 0.3 is 0 Å². The highest BCUT2D eigenvalue weighted by molar-refractivity contribution is 14.1. The lowest BCUT2D eigenvalue weighted by Gasteiger charge is -2.12. The lowest BCUT2D eigenvalue weighted by Crippen LogP contribution is -2.15. The Morgan fingerprint density at radius 2 is 1.68 bits per heavy atom. The lowest BCUT2D eigenvalue weighted by atomic mass is 10.2. The molecule has 2 N–H and O–H groups in total. The molecule has 2 aromatic rings. The zero-order valence-electron chi connectivity index (χ0n) is 9.88. The van der Waals surface area contributed by atoms with Gasteiger partial charge in [-0.2, -0.15) is 0 Å². The molecule has 0 aromatic heterocycles. The van der Waals surface area contributed by atoms with Crippen LogP contribution < -0.4 is 4.72 Å². The second kappa shape index (κ2) is 5.89. The number of hydrogen-bond acceptors (Lipinski definition) is 3. The summed E-state index contributed by atoms with van der Waals surface area (Å²) in [6, 6.07) is 13.5. The van der Waals surface area contributed by atoms with Gasteiger partial charge in [-0.3, -0.25) is 4.72 Å². The number of para-hydroxylation sites is 1. The Bertz CT molecular complexity index is 686. The molecule has 6 heteroatoms. The third kappa shape index (κ3) is 3.26. The topological polar surface area (TPSA) is 66.4 Å². The smallest absolute Gasteiger partial charge is 0.262 e. The lowest BCUT2D eigenvalue weighted by molar-refractivity contribution is 0.278. The second-order valence-electron chi connectivity index (χ2n) is 3.85. The van der Waals surface area contributed by atoms with Gasteiger partial charge in [0.25, 0.3) is 10.0 Å². The molecule has 0 unspecified atom stereocenters. The minimum Gasteiger partial charge on any atom is -0.392 e. The van der Waals surface area contributed by atoms with Crippen LogP contribution in [-0.2, 0) is 16.6 Å². The van der Waals surface area contributed by atoms with Crippen molar-refractivity contribution in [1.82, 2.24) is 0 Å². The van der Waals surface area contributed by atoms with Gasteiger partial charge in [0.1, 0.15) is 0 Å². The maximum absolute atomic E-state index is 12.3. The number of anilines is 1. The molecule has 0 atom stereocenters. The first-order chi connectivity index (χ1) is 9.04. The average Bonchev–Trinajstić information content (AvgIpc) is 2.41. The summed E-state index contributed by atoms with van der Waals surface area (Å²) in [7, 11) is -3.69. The number of sulfonamides is 1. The van der Waals surface area contributed by atoms with E-state index in [2.05, 4.69) is 27.3 Å². The van der Waals surface area contributed by atoms with E-state index in [1.165, 1.54) is 6.07 Å². The number of halogens is 1. The Hall–Kier alpha value is -1.12. The normalized spacial score (nSPS) is 11.3. The monoisotopic (exact) mass is 389 g/mol. The van der Waals surface area contributed by atoms with E-state index in [0.717, 1.165) is 3.57 Å². The predicted octanol–water partition coefficient (Wildman–Crippen LogP) is 2.58. The van der Waals surface area contributed by atoms with Crippen molar-refractivity contribution in [3.05, 3.63) is 57.7 Å². The molecule has 0 aliphatic rings. The van der Waals surface area contributed by atoms with Crippen LogP contribution in [0.1, 0.15) is 5.56 Å². The van der Waals surface area contributed by atoms with E-state index in [9.17, 15) is 13.5 Å². The third-order valence-corrected chi connectivity index (χ3v) is 4.96. The summed E-state index contributed by atoms with van der Waals surface area (Å²) < 4.78 is 28.0. The molecule has 0 saturated carbocycles. The fraction of sp³-hybridized carbons (Fsp3) is 0.0769. The first-order valence-electron chi connectivity index (χ1n) is 5.51. The van der Waals surface area contributed by atoms with Crippen LogP contribution in [0, 0.1) is 3.57 Å². The summed E-state index contributed by atoms with van der Waals surface area (Å²) in [6.45, 7) is -0.317. The van der Waals surface area contributed by atoms with Crippen molar-refractivity contribution in [3.63, 3.8) is 0 Å². The molecule has 100 valence electrons. The van der Waals surface area contributed by atoms with Crippen molar-refractivity contribution in [2.45, 2.75) is 11.5 Å². The molecule has 0 saturated heterocycles. The molecule has 0 aliphatic heterocycles. The zero-order valence-corrected chi connectivity index (χ0v) is 12.8. The van der Waals surface area contributed by atoms with E-state index in [4.69, 9.17) is 0 Å². The highest BCUT2D eigenvalue weighted by Gasteiger charge is 2.18. The molecule has 0 aliphatic carbocycles. The van der Waals surface area contributed by atoms with Crippen molar-refractivity contribution in [1.29, 1.82) is 0 Å². The Kier molecular flexibility index (Phi) is 4.43. The predicted molar refractivity (Wildman–Crippen MR) is 82.3 cm³/mol. The van der Waals surface area contributed by atoms with Gasteiger partial charge < -0.3 is 5.11 Å². The van der Waals surface area contributed by atoms with Crippen molar-refractivity contribution >= 4 is 38.3 Å². The first-order valence-corrected chi connectivity index (χ1v) is 8.07. The summed E-state index contributed by atoms with van der Waals surface area (Å²) in [6.07, 6.45) is 0. The highest BCUT2D eigenvalue weighted by atomic mass is 127. The maximum atomic E-state index is 12.3. The summed E-state index contributed by atoms with van der Waals surface area (Å²) in [4.78, 5) is 0.0946. The Morgan fingerprint density at radius 1 is 1.05 bits per heavy atom. The van der Waals surface area contributed by atoms with Gasteiger partial charge in [-0.15, -0.1) is 0 Å². The number of benzene rings is 2. The fourth-order valence-electron chi connectivity index (χ4n) is 1.64. The quantitative estimate of drug-likeness (QED) is 0.791. The van der Waals surface area contributed by atoms with E-state index < -0.39 is 10.0 Å². The van der Waals surface area contributed by atoms with E-state index in [0.29, 0.717) is 11.3 Å². The molecule has 0 spiro atoms. The first kappa shape index (κ1) is 14.3. The van der Waals surface area contributed by atoms with E-state index >= 15 is 0 Å². The van der Waals surface area contributed by atoms with Crippen LogP contribution in [-0.4, -0.2) is 13.5 Å². The molecular weight excluding hydrogens is 377 g/mol. The van der Waals surface area contributed by atoms with Crippen LogP contribution in [0.15, 0.2) is 53.4 Å². The number of aliphatic hydroxyl groups is 1. The number of nitrogens with one attached hydrogen (secondary N) is 1. The largest absolute Gasteiger partial charge is 0.392 e. The van der Waals surface area contributed by atoms with E-state index in [1.807, 2.05) is 12.1 Å². The number of aliphatic hydroxyl groups excluding tert-OH is 1. The zero-order chi connectivity index (χ0) is 13.9. The molecule has 4 nitrogen and oxygen atoms in total. The molecule has 0 fully saturated rings. The Balaban J connectivity index is 2.41. The molecule has 19 heavy (non-hydrogen) atoms. The van der Waals surface area contributed by atoms with Gasteiger partial charge in [-0.1, -0.05) is 30.3 Å². The molecule has 0 amide bonds. The van der Waals surface area contributed by atoms with Crippen LogP contribution >= 0.6 is 22.6 Å². The third-order valence-electron chi connectivity index (χ3n) is 2.55. The number of hydrogen-bond donors (Lipinski definition) is 2. The summed E-state index contributed by atoms with van der Waals surface area (Å²) >= 11 is 2.06. The highest BCUT2D eigenvalue weighted by Crippen LogP contribution is 2.23. The standard InChI is InChI=1S/C13H12INO3S/c14-11-6-2-3-7-12(11)15-19(17,18)13-8-4-1-5-10(13)9-16/h1-8,15-16H,9H2. The molecule has 0 heterocycles. The number of rotatable bonds is 4. The summed E-state index contributed by atoms with van der Waals surface area (Å²) in [5, 5.41) is 9.21. The van der Waals surface area contributed by atoms with Crippen molar-refractivity contribution in [3.8, 4) is 0 Å². The summed E-state index contributed by atoms with van der Waals surface area (Å²) in [5.41, 5.74) is 0.900. The average molecular weight is 389 g/mol. The summed E-state index contributed by atoms with van der Waals surface area (Å²) in [5.74, 6) is 0. The Morgan fingerprint density at radius 3 is 2.37 bits per heavy atom. The van der Waals surface area contributed by atoms with Gasteiger partial charge in [-0.25, -0.2) is 8.42 Å². The van der Waals surface area contributed by atoms with Crippen LogP contribution in [0.2, 0.25) is 0 Å². The SMILES string of the molecule is O=S(=O)(Nc1ccccc1I)c1ccccc1CO. The fourth-order valence-corrected chi connectivity index (χ4v) is 3.66. The molecular formula is C13H12INO3S. The molecule has 0 bridgehead atoms. The minimum atomic E-state index is -3.69. The van der Waals surface area contributed by atoms with Gasteiger partial charge in [0.05, 0.1) is 17.2 Å². The minimum absolute atomic E-state index is 0.0946. The molecule has 2 aromatic carbocycles. The van der Waals surface area contributed by atoms with Crippen molar-refractivity contribution < 1.29 is 13.5 Å². The Labute approximate surface area is 125 Å². The van der Waals surface area contributed by atoms with Crippen LogP contribution in [0.3, 0.4) is 0 Å². The molecule has 2 rings (SSSR count).